The lowest BCUT2D eigenvalue weighted by Gasteiger charge is -2.46. The summed E-state index contributed by atoms with van der Waals surface area (Å²) >= 11 is 1.63. The Hall–Kier alpha value is -3.40. The van der Waals surface area contributed by atoms with Crippen molar-refractivity contribution in [1.29, 1.82) is 0 Å². The first-order chi connectivity index (χ1) is 16.6. The Bertz CT molecular complexity index is 1390. The summed E-state index contributed by atoms with van der Waals surface area (Å²) in [5.41, 5.74) is 2.50. The van der Waals surface area contributed by atoms with E-state index in [9.17, 15) is 27.9 Å². The van der Waals surface area contributed by atoms with Crippen molar-refractivity contribution in [2.24, 2.45) is 0 Å². The van der Waals surface area contributed by atoms with E-state index >= 15 is 0 Å². The van der Waals surface area contributed by atoms with E-state index in [1.165, 1.54) is 10.9 Å². The van der Waals surface area contributed by atoms with Gasteiger partial charge in [-0.2, -0.15) is 13.2 Å². The van der Waals surface area contributed by atoms with Crippen LogP contribution in [0.2, 0.25) is 0 Å². The topological polar surface area (TPSA) is 65.8 Å². The van der Waals surface area contributed by atoms with Gasteiger partial charge in [-0.25, -0.2) is 0 Å². The van der Waals surface area contributed by atoms with Gasteiger partial charge in [-0.15, -0.1) is 11.8 Å². The van der Waals surface area contributed by atoms with E-state index in [-0.39, 0.29) is 0 Å². The molecule has 1 N–H and O–H groups in total. The lowest BCUT2D eigenvalue weighted by Crippen LogP contribution is -2.60. The van der Waals surface area contributed by atoms with Crippen molar-refractivity contribution < 1.29 is 23.1 Å². The van der Waals surface area contributed by atoms with Crippen molar-refractivity contribution in [1.82, 2.24) is 9.58 Å². The highest BCUT2D eigenvalue weighted by Gasteiger charge is 2.47. The maximum atomic E-state index is 13.8. The molecule has 0 spiro atoms. The summed E-state index contributed by atoms with van der Waals surface area (Å²) < 4.78 is 42.6. The zero-order chi connectivity index (χ0) is 25.1. The SMILES string of the molecule is Cc1ccc2c(c1)CSc1ccccc1[C@H]2N1CN(C(C)C(F)(F)F)C(=O)c2c(O)c(=O)ccn21. The van der Waals surface area contributed by atoms with E-state index in [1.807, 2.05) is 43.3 Å². The second-order valence-corrected chi connectivity index (χ2v) is 9.74. The average molecular weight is 502 g/mol. The normalized spacial score (nSPS) is 18.4. The van der Waals surface area contributed by atoms with E-state index in [0.717, 1.165) is 40.1 Å². The fourth-order valence-electron chi connectivity index (χ4n) is 4.64. The second kappa shape index (κ2) is 8.37. The van der Waals surface area contributed by atoms with Crippen LogP contribution in [0.4, 0.5) is 13.2 Å². The molecule has 0 fully saturated rings. The number of aryl methyl sites for hydroxylation is 1. The molecule has 2 aliphatic rings. The number of hydrogen-bond acceptors (Lipinski definition) is 5. The highest BCUT2D eigenvalue weighted by atomic mass is 32.2. The first-order valence-corrected chi connectivity index (χ1v) is 12.0. The van der Waals surface area contributed by atoms with Crippen LogP contribution in [-0.2, 0) is 5.75 Å². The van der Waals surface area contributed by atoms with Gasteiger partial charge < -0.3 is 10.0 Å². The zero-order valence-electron chi connectivity index (χ0n) is 18.9. The molecule has 6 nitrogen and oxygen atoms in total. The molecule has 2 atom stereocenters. The number of amides is 1. The van der Waals surface area contributed by atoms with Crippen molar-refractivity contribution in [2.75, 3.05) is 11.7 Å². The number of hydrogen-bond donors (Lipinski definition) is 1. The van der Waals surface area contributed by atoms with Crippen LogP contribution in [0.1, 0.15) is 45.7 Å². The van der Waals surface area contributed by atoms with Gasteiger partial charge in [-0.1, -0.05) is 42.0 Å². The molecular formula is C25H22F3N3O3S. The molecule has 0 saturated carbocycles. The summed E-state index contributed by atoms with van der Waals surface area (Å²) in [6.45, 7) is 2.48. The Morgan fingerprint density at radius 2 is 1.83 bits per heavy atom. The predicted octanol–water partition coefficient (Wildman–Crippen LogP) is 4.56. The molecule has 10 heteroatoms. The van der Waals surface area contributed by atoms with Gasteiger partial charge in [0.15, 0.2) is 11.4 Å². The number of benzene rings is 2. The van der Waals surface area contributed by atoms with Gasteiger partial charge in [0.1, 0.15) is 12.7 Å². The molecule has 182 valence electrons. The number of rotatable bonds is 2. The van der Waals surface area contributed by atoms with Gasteiger partial charge in [0.25, 0.3) is 5.91 Å². The van der Waals surface area contributed by atoms with Gasteiger partial charge in [0.2, 0.25) is 5.43 Å². The Morgan fingerprint density at radius 1 is 1.09 bits per heavy atom. The summed E-state index contributed by atoms with van der Waals surface area (Å²) in [4.78, 5) is 27.0. The fourth-order valence-corrected chi connectivity index (χ4v) is 5.73. The standard InChI is InChI=1S/C25H22F3N3O3S/c1-14-7-8-17-16(11-14)12-35-20-6-4-3-5-18(20)21(17)31-13-29(15(2)25(26,27)28)24(34)22-23(33)19(32)9-10-30(22)31/h3-11,15,21,33H,12-13H2,1-2H3/t15?,21-/m0/s1. The van der Waals surface area contributed by atoms with Crippen LogP contribution in [0.3, 0.4) is 0 Å². The Morgan fingerprint density at radius 3 is 2.57 bits per heavy atom. The number of halogens is 3. The number of fused-ring (bicyclic) bond motifs is 3. The summed E-state index contributed by atoms with van der Waals surface area (Å²) in [5, 5.41) is 12.1. The maximum Gasteiger partial charge on any atom is 0.408 e. The van der Waals surface area contributed by atoms with E-state index < -0.39 is 47.7 Å². The molecular weight excluding hydrogens is 479 g/mol. The minimum absolute atomic E-state index is 0.397. The Balaban J connectivity index is 1.78. The Kier molecular flexibility index (Phi) is 5.58. The highest BCUT2D eigenvalue weighted by Crippen LogP contribution is 2.43. The van der Waals surface area contributed by atoms with Crippen molar-refractivity contribution in [3.63, 3.8) is 0 Å². The van der Waals surface area contributed by atoms with Crippen molar-refractivity contribution in [3.8, 4) is 5.75 Å². The molecule has 2 aromatic carbocycles. The summed E-state index contributed by atoms with van der Waals surface area (Å²) in [6.07, 6.45) is -3.36. The number of thioether (sulfide) groups is 1. The number of aromatic nitrogens is 1. The van der Waals surface area contributed by atoms with Crippen LogP contribution in [0.25, 0.3) is 0 Å². The highest BCUT2D eigenvalue weighted by molar-refractivity contribution is 7.98. The number of carbonyl (C=O) groups excluding carboxylic acids is 1. The van der Waals surface area contributed by atoms with E-state index in [1.54, 1.807) is 16.8 Å². The average Bonchev–Trinajstić information content (AvgIpc) is 2.97. The van der Waals surface area contributed by atoms with Crippen LogP contribution >= 0.6 is 11.8 Å². The molecule has 3 heterocycles. The van der Waals surface area contributed by atoms with Gasteiger partial charge in [-0.05, 0) is 36.6 Å². The molecule has 1 aromatic heterocycles. The van der Waals surface area contributed by atoms with Crippen LogP contribution in [0.5, 0.6) is 5.75 Å². The Labute approximate surface area is 203 Å². The van der Waals surface area contributed by atoms with Crippen molar-refractivity contribution in [3.05, 3.63) is 92.9 Å². The molecule has 5 rings (SSSR count). The lowest BCUT2D eigenvalue weighted by molar-refractivity contribution is -0.173. The summed E-state index contributed by atoms with van der Waals surface area (Å²) in [6, 6.07) is 12.0. The molecule has 2 aliphatic heterocycles. The van der Waals surface area contributed by atoms with E-state index in [4.69, 9.17) is 0 Å². The third kappa shape index (κ3) is 3.85. The molecule has 1 unspecified atom stereocenters. The summed E-state index contributed by atoms with van der Waals surface area (Å²) in [5.74, 6) is -1.26. The van der Waals surface area contributed by atoms with Gasteiger partial charge >= 0.3 is 6.18 Å². The number of carbonyl (C=O) groups is 1. The van der Waals surface area contributed by atoms with E-state index in [2.05, 4.69) is 6.07 Å². The number of nitrogens with zero attached hydrogens (tertiary/aromatic N) is 3. The van der Waals surface area contributed by atoms with Gasteiger partial charge in [0.05, 0.1) is 6.04 Å². The van der Waals surface area contributed by atoms with Crippen molar-refractivity contribution >= 4 is 17.7 Å². The molecule has 0 bridgehead atoms. The molecule has 0 aliphatic carbocycles. The number of aromatic hydroxyl groups is 1. The van der Waals surface area contributed by atoms with Crippen LogP contribution in [0, 0.1) is 6.92 Å². The van der Waals surface area contributed by atoms with Crippen LogP contribution in [0.15, 0.2) is 64.4 Å². The third-order valence-corrected chi connectivity index (χ3v) is 7.66. The van der Waals surface area contributed by atoms with E-state index in [0.29, 0.717) is 10.7 Å². The molecule has 35 heavy (non-hydrogen) atoms. The van der Waals surface area contributed by atoms with Crippen molar-refractivity contribution in [2.45, 2.75) is 42.8 Å². The predicted molar refractivity (Wildman–Crippen MR) is 126 cm³/mol. The zero-order valence-corrected chi connectivity index (χ0v) is 19.7. The van der Waals surface area contributed by atoms with Gasteiger partial charge in [0, 0.05) is 22.9 Å². The summed E-state index contributed by atoms with van der Waals surface area (Å²) in [7, 11) is 0. The minimum Gasteiger partial charge on any atom is -0.502 e. The second-order valence-electron chi connectivity index (χ2n) is 8.73. The van der Waals surface area contributed by atoms with Gasteiger partial charge in [-0.3, -0.25) is 19.3 Å². The molecule has 0 radical (unpaired) electrons. The first kappa shape index (κ1) is 23.3. The minimum atomic E-state index is -4.69. The quantitative estimate of drug-likeness (QED) is 0.558. The maximum absolute atomic E-state index is 13.8. The smallest absolute Gasteiger partial charge is 0.408 e. The monoisotopic (exact) mass is 501 g/mol. The van der Waals surface area contributed by atoms with Crippen LogP contribution < -0.4 is 10.4 Å². The first-order valence-electron chi connectivity index (χ1n) is 11.0. The number of alkyl halides is 3. The molecule has 1 amide bonds. The largest absolute Gasteiger partial charge is 0.502 e. The number of pyridine rings is 1. The van der Waals surface area contributed by atoms with Crippen LogP contribution in [-0.4, -0.2) is 39.5 Å². The fraction of sp³-hybridized carbons (Fsp3) is 0.280. The molecule has 3 aromatic rings. The third-order valence-electron chi connectivity index (χ3n) is 6.52. The molecule has 0 saturated heterocycles. The lowest BCUT2D eigenvalue weighted by atomic mass is 9.93.